The molecule has 20 heavy (non-hydrogen) atoms. The fourth-order valence-corrected chi connectivity index (χ4v) is 2.02. The standard InChI is InChI=1S/C14H15Cl2N3O/c1-4-12-18-13(17-3)8(2)14(19-12)20-11-7-9(15)5-6-10(11)16/h5-7H,4H2,1-3H3,(H,17,18,19). The molecule has 0 aliphatic carbocycles. The number of hydrogen-bond donors (Lipinski definition) is 1. The van der Waals surface area contributed by atoms with Crippen LogP contribution in [0.5, 0.6) is 11.6 Å². The zero-order chi connectivity index (χ0) is 14.7. The minimum absolute atomic E-state index is 0.477. The third-order valence-electron chi connectivity index (χ3n) is 2.80. The molecule has 0 spiro atoms. The molecule has 0 amide bonds. The normalized spacial score (nSPS) is 10.4. The average molecular weight is 312 g/mol. The van der Waals surface area contributed by atoms with Gasteiger partial charge < -0.3 is 10.1 Å². The molecular formula is C14H15Cl2N3O. The number of aryl methyl sites for hydroxylation is 1. The summed E-state index contributed by atoms with van der Waals surface area (Å²) < 4.78 is 5.80. The molecule has 0 unspecified atom stereocenters. The number of anilines is 1. The van der Waals surface area contributed by atoms with E-state index in [0.29, 0.717) is 33.9 Å². The Bertz CT molecular complexity index is 632. The Balaban J connectivity index is 2.44. The van der Waals surface area contributed by atoms with Crippen LogP contribution >= 0.6 is 23.2 Å². The SMILES string of the molecule is CCc1nc(NC)c(C)c(Oc2cc(Cl)ccc2Cl)n1. The Hall–Kier alpha value is -1.52. The summed E-state index contributed by atoms with van der Waals surface area (Å²) in [6.45, 7) is 3.87. The summed E-state index contributed by atoms with van der Waals surface area (Å²) >= 11 is 12.1. The Morgan fingerprint density at radius 2 is 2.00 bits per heavy atom. The van der Waals surface area contributed by atoms with E-state index >= 15 is 0 Å². The second-order valence-corrected chi connectivity index (χ2v) is 5.04. The predicted octanol–water partition coefficient (Wildman–Crippen LogP) is 4.49. The fourth-order valence-electron chi connectivity index (χ4n) is 1.70. The van der Waals surface area contributed by atoms with Crippen LogP contribution in [0.15, 0.2) is 18.2 Å². The minimum atomic E-state index is 0.477. The summed E-state index contributed by atoms with van der Waals surface area (Å²) in [7, 11) is 1.81. The first-order valence-electron chi connectivity index (χ1n) is 6.23. The smallest absolute Gasteiger partial charge is 0.227 e. The first-order valence-corrected chi connectivity index (χ1v) is 6.99. The monoisotopic (exact) mass is 311 g/mol. The highest BCUT2D eigenvalue weighted by Gasteiger charge is 2.13. The zero-order valence-electron chi connectivity index (χ0n) is 11.5. The molecule has 0 atom stereocenters. The van der Waals surface area contributed by atoms with E-state index < -0.39 is 0 Å². The van der Waals surface area contributed by atoms with Crippen molar-refractivity contribution in [2.24, 2.45) is 0 Å². The summed E-state index contributed by atoms with van der Waals surface area (Å²) in [6, 6.07) is 5.06. The van der Waals surface area contributed by atoms with Crippen LogP contribution in [0, 0.1) is 6.92 Å². The van der Waals surface area contributed by atoms with Crippen LogP contribution < -0.4 is 10.1 Å². The largest absolute Gasteiger partial charge is 0.437 e. The molecule has 0 fully saturated rings. The maximum atomic E-state index is 6.10. The quantitative estimate of drug-likeness (QED) is 0.903. The van der Waals surface area contributed by atoms with Crippen molar-refractivity contribution in [2.45, 2.75) is 20.3 Å². The summed E-state index contributed by atoms with van der Waals surface area (Å²) in [4.78, 5) is 8.78. The van der Waals surface area contributed by atoms with E-state index in [1.165, 1.54) is 0 Å². The van der Waals surface area contributed by atoms with Crippen molar-refractivity contribution in [1.29, 1.82) is 0 Å². The van der Waals surface area contributed by atoms with Crippen LogP contribution in [0.25, 0.3) is 0 Å². The van der Waals surface area contributed by atoms with Gasteiger partial charge in [-0.15, -0.1) is 0 Å². The van der Waals surface area contributed by atoms with Crippen LogP contribution in [0.1, 0.15) is 18.3 Å². The molecule has 0 bridgehead atoms. The van der Waals surface area contributed by atoms with E-state index in [0.717, 1.165) is 11.4 Å². The third-order valence-corrected chi connectivity index (χ3v) is 3.35. The maximum Gasteiger partial charge on any atom is 0.227 e. The van der Waals surface area contributed by atoms with Crippen LogP contribution in [0.4, 0.5) is 5.82 Å². The molecule has 2 aromatic rings. The second-order valence-electron chi connectivity index (χ2n) is 4.20. The Morgan fingerprint density at radius 3 is 2.65 bits per heavy atom. The summed E-state index contributed by atoms with van der Waals surface area (Å²) in [6.07, 6.45) is 0.717. The highest BCUT2D eigenvalue weighted by molar-refractivity contribution is 6.34. The zero-order valence-corrected chi connectivity index (χ0v) is 13.0. The van der Waals surface area contributed by atoms with Gasteiger partial charge in [-0.05, 0) is 19.1 Å². The van der Waals surface area contributed by atoms with Gasteiger partial charge in [-0.1, -0.05) is 30.1 Å². The molecule has 1 heterocycles. The number of hydrogen-bond acceptors (Lipinski definition) is 4. The minimum Gasteiger partial charge on any atom is -0.437 e. The lowest BCUT2D eigenvalue weighted by Crippen LogP contribution is -2.04. The lowest BCUT2D eigenvalue weighted by atomic mass is 10.3. The Morgan fingerprint density at radius 1 is 1.25 bits per heavy atom. The molecule has 1 aromatic heterocycles. The highest BCUT2D eigenvalue weighted by Crippen LogP contribution is 2.33. The maximum absolute atomic E-state index is 6.10. The number of halogens is 2. The molecular weight excluding hydrogens is 297 g/mol. The van der Waals surface area contributed by atoms with Crippen molar-refractivity contribution < 1.29 is 4.74 Å². The number of rotatable bonds is 4. The van der Waals surface area contributed by atoms with E-state index in [4.69, 9.17) is 27.9 Å². The summed E-state index contributed by atoms with van der Waals surface area (Å²) in [5.41, 5.74) is 0.820. The van der Waals surface area contributed by atoms with Crippen molar-refractivity contribution in [3.05, 3.63) is 39.6 Å². The van der Waals surface area contributed by atoms with E-state index in [9.17, 15) is 0 Å². The third kappa shape index (κ3) is 3.14. The van der Waals surface area contributed by atoms with Gasteiger partial charge in [0.05, 0.1) is 10.6 Å². The Kier molecular flexibility index (Phi) is 4.68. The number of nitrogens with one attached hydrogen (secondary N) is 1. The lowest BCUT2D eigenvalue weighted by molar-refractivity contribution is 0.455. The molecule has 0 aliphatic rings. The summed E-state index contributed by atoms with van der Waals surface area (Å²) in [5.74, 6) is 2.40. The second kappa shape index (κ2) is 6.29. The van der Waals surface area contributed by atoms with Gasteiger partial charge >= 0.3 is 0 Å². The molecule has 4 nitrogen and oxygen atoms in total. The number of nitrogens with zero attached hydrogens (tertiary/aromatic N) is 2. The van der Waals surface area contributed by atoms with E-state index in [-0.39, 0.29) is 0 Å². The number of aromatic nitrogens is 2. The van der Waals surface area contributed by atoms with E-state index in [1.54, 1.807) is 18.2 Å². The summed E-state index contributed by atoms with van der Waals surface area (Å²) in [5, 5.41) is 4.07. The van der Waals surface area contributed by atoms with Crippen molar-refractivity contribution in [3.63, 3.8) is 0 Å². The fraction of sp³-hybridized carbons (Fsp3) is 0.286. The number of ether oxygens (including phenoxy) is 1. The van der Waals surface area contributed by atoms with Gasteiger partial charge in [-0.3, -0.25) is 0 Å². The van der Waals surface area contributed by atoms with Gasteiger partial charge in [0.1, 0.15) is 17.4 Å². The highest BCUT2D eigenvalue weighted by atomic mass is 35.5. The van der Waals surface area contributed by atoms with Gasteiger partial charge in [-0.25, -0.2) is 4.98 Å². The van der Waals surface area contributed by atoms with Gasteiger partial charge in [0.2, 0.25) is 5.88 Å². The van der Waals surface area contributed by atoms with Gasteiger partial charge in [0.15, 0.2) is 0 Å². The van der Waals surface area contributed by atoms with Gasteiger partial charge in [0, 0.05) is 24.6 Å². The molecule has 0 saturated carbocycles. The van der Waals surface area contributed by atoms with Crippen molar-refractivity contribution in [2.75, 3.05) is 12.4 Å². The first-order chi connectivity index (χ1) is 9.55. The molecule has 6 heteroatoms. The predicted molar refractivity (Wildman–Crippen MR) is 82.2 cm³/mol. The molecule has 1 N–H and O–H groups in total. The first kappa shape index (κ1) is 14.9. The molecule has 0 aliphatic heterocycles. The van der Waals surface area contributed by atoms with Crippen LogP contribution in [0.2, 0.25) is 10.0 Å². The van der Waals surface area contributed by atoms with Gasteiger partial charge in [-0.2, -0.15) is 4.98 Å². The van der Waals surface area contributed by atoms with Crippen LogP contribution in [-0.4, -0.2) is 17.0 Å². The topological polar surface area (TPSA) is 47.0 Å². The van der Waals surface area contributed by atoms with Crippen molar-refractivity contribution >= 4 is 29.0 Å². The lowest BCUT2D eigenvalue weighted by Gasteiger charge is -2.13. The van der Waals surface area contributed by atoms with Crippen molar-refractivity contribution in [3.8, 4) is 11.6 Å². The van der Waals surface area contributed by atoms with Crippen LogP contribution in [-0.2, 0) is 6.42 Å². The molecule has 0 saturated heterocycles. The van der Waals surface area contributed by atoms with E-state index in [2.05, 4.69) is 15.3 Å². The Labute approximate surface area is 128 Å². The molecule has 106 valence electrons. The average Bonchev–Trinajstić information content (AvgIpc) is 2.45. The van der Waals surface area contributed by atoms with Crippen LogP contribution in [0.3, 0.4) is 0 Å². The molecule has 2 rings (SSSR count). The van der Waals surface area contributed by atoms with Crippen molar-refractivity contribution in [1.82, 2.24) is 9.97 Å². The van der Waals surface area contributed by atoms with E-state index in [1.807, 2.05) is 20.9 Å². The number of benzene rings is 1. The molecule has 0 radical (unpaired) electrons. The van der Waals surface area contributed by atoms with Gasteiger partial charge in [0.25, 0.3) is 0 Å². The molecule has 1 aromatic carbocycles.